The molecular formula is C14H20BrN3S. The third kappa shape index (κ3) is 3.09. The van der Waals surface area contributed by atoms with Crippen LogP contribution in [0.4, 0.5) is 0 Å². The topological polar surface area (TPSA) is 24.0 Å². The second kappa shape index (κ2) is 6.20. The average molecular weight is 342 g/mol. The molecule has 0 aliphatic carbocycles. The number of aromatic nitrogens is 2. The maximum absolute atomic E-state index is 5.47. The van der Waals surface area contributed by atoms with E-state index in [9.17, 15) is 0 Å². The van der Waals surface area contributed by atoms with Crippen LogP contribution in [-0.4, -0.2) is 34.1 Å². The summed E-state index contributed by atoms with van der Waals surface area (Å²) in [6.45, 7) is 9.78. The van der Waals surface area contributed by atoms with Crippen molar-refractivity contribution in [3.63, 3.8) is 0 Å². The van der Waals surface area contributed by atoms with E-state index in [1.165, 1.54) is 5.52 Å². The number of benzene rings is 1. The van der Waals surface area contributed by atoms with Crippen molar-refractivity contribution in [2.75, 3.05) is 19.6 Å². The van der Waals surface area contributed by atoms with Gasteiger partial charge in [0.25, 0.3) is 0 Å². The van der Waals surface area contributed by atoms with Gasteiger partial charge in [-0.05, 0) is 50.4 Å². The first-order valence-corrected chi connectivity index (χ1v) is 7.89. The smallest absolute Gasteiger partial charge is 0.178 e. The molecule has 1 aromatic heterocycles. The minimum absolute atomic E-state index is 0.363. The van der Waals surface area contributed by atoms with Crippen molar-refractivity contribution in [2.45, 2.75) is 26.8 Å². The highest BCUT2D eigenvalue weighted by atomic mass is 79.9. The molecule has 1 N–H and O–H groups in total. The standard InChI is InChI=1S/C14H20BrN3S/c1-4-17(5-2)9-10(3)18-13-7-6-11(15)8-12(13)16-14(18)19/h6-8,10H,4-5,9H2,1-3H3,(H,16,19). The van der Waals surface area contributed by atoms with E-state index in [0.717, 1.165) is 34.4 Å². The molecule has 2 rings (SSSR count). The van der Waals surface area contributed by atoms with Crippen LogP contribution in [0.15, 0.2) is 22.7 Å². The number of hydrogen-bond acceptors (Lipinski definition) is 2. The number of nitrogens with one attached hydrogen (secondary N) is 1. The predicted molar refractivity (Wildman–Crippen MR) is 87.3 cm³/mol. The summed E-state index contributed by atoms with van der Waals surface area (Å²) >= 11 is 8.97. The van der Waals surface area contributed by atoms with Crippen molar-refractivity contribution < 1.29 is 0 Å². The van der Waals surface area contributed by atoms with Gasteiger partial charge in [0, 0.05) is 17.1 Å². The lowest BCUT2D eigenvalue weighted by molar-refractivity contribution is 0.262. The monoisotopic (exact) mass is 341 g/mol. The van der Waals surface area contributed by atoms with Gasteiger partial charge in [0.1, 0.15) is 0 Å². The molecule has 0 aliphatic rings. The zero-order chi connectivity index (χ0) is 14.0. The van der Waals surface area contributed by atoms with Crippen LogP contribution in [0.25, 0.3) is 11.0 Å². The molecule has 0 amide bonds. The summed E-state index contributed by atoms with van der Waals surface area (Å²) < 4.78 is 4.09. The molecular weight excluding hydrogens is 322 g/mol. The van der Waals surface area contributed by atoms with Crippen LogP contribution < -0.4 is 0 Å². The number of aromatic amines is 1. The largest absolute Gasteiger partial charge is 0.331 e. The van der Waals surface area contributed by atoms with E-state index in [-0.39, 0.29) is 0 Å². The Kier molecular flexibility index (Phi) is 4.81. The molecule has 0 saturated carbocycles. The summed E-state index contributed by atoms with van der Waals surface area (Å²) in [6.07, 6.45) is 0. The lowest BCUT2D eigenvalue weighted by Gasteiger charge is -2.24. The van der Waals surface area contributed by atoms with Crippen LogP contribution in [0.3, 0.4) is 0 Å². The number of fused-ring (bicyclic) bond motifs is 1. The van der Waals surface area contributed by atoms with Crippen molar-refractivity contribution >= 4 is 39.2 Å². The van der Waals surface area contributed by atoms with E-state index in [1.807, 2.05) is 0 Å². The number of H-pyrrole nitrogens is 1. The molecule has 0 aliphatic heterocycles. The maximum Gasteiger partial charge on any atom is 0.178 e. The number of imidazole rings is 1. The van der Waals surface area contributed by atoms with Crippen LogP contribution in [0.2, 0.25) is 0 Å². The van der Waals surface area contributed by atoms with Gasteiger partial charge in [-0.2, -0.15) is 0 Å². The number of halogens is 1. The summed E-state index contributed by atoms with van der Waals surface area (Å²) in [5, 5.41) is 0. The first-order chi connectivity index (χ1) is 9.06. The zero-order valence-electron chi connectivity index (χ0n) is 11.6. The Morgan fingerprint density at radius 2 is 2.05 bits per heavy atom. The van der Waals surface area contributed by atoms with Gasteiger partial charge in [-0.25, -0.2) is 0 Å². The summed E-state index contributed by atoms with van der Waals surface area (Å²) in [5.74, 6) is 0. The second-order valence-electron chi connectivity index (χ2n) is 4.80. The number of rotatable bonds is 5. The van der Waals surface area contributed by atoms with Crippen molar-refractivity contribution in [3.05, 3.63) is 27.4 Å². The van der Waals surface area contributed by atoms with Gasteiger partial charge in [-0.3, -0.25) is 0 Å². The van der Waals surface area contributed by atoms with Crippen LogP contribution in [-0.2, 0) is 0 Å². The molecule has 0 bridgehead atoms. The van der Waals surface area contributed by atoms with Crippen LogP contribution in [0.5, 0.6) is 0 Å². The van der Waals surface area contributed by atoms with Gasteiger partial charge >= 0.3 is 0 Å². The molecule has 1 unspecified atom stereocenters. The molecule has 1 atom stereocenters. The summed E-state index contributed by atoms with van der Waals surface area (Å²) in [5.41, 5.74) is 2.26. The Morgan fingerprint density at radius 3 is 2.68 bits per heavy atom. The van der Waals surface area contributed by atoms with E-state index >= 15 is 0 Å². The zero-order valence-corrected chi connectivity index (χ0v) is 14.0. The normalized spacial score (nSPS) is 13.3. The first kappa shape index (κ1) is 14.8. The lowest BCUT2D eigenvalue weighted by atomic mass is 10.2. The number of nitrogens with zero attached hydrogens (tertiary/aromatic N) is 2. The third-order valence-electron chi connectivity index (χ3n) is 3.54. The van der Waals surface area contributed by atoms with Crippen LogP contribution in [0, 0.1) is 4.77 Å². The Balaban J connectivity index is 2.39. The molecule has 0 spiro atoms. The highest BCUT2D eigenvalue weighted by Gasteiger charge is 2.13. The minimum atomic E-state index is 0.363. The Labute approximate surface area is 127 Å². The fourth-order valence-corrected chi connectivity index (χ4v) is 3.23. The molecule has 104 valence electrons. The second-order valence-corrected chi connectivity index (χ2v) is 6.10. The molecule has 0 radical (unpaired) electrons. The average Bonchev–Trinajstić information content (AvgIpc) is 2.70. The highest BCUT2D eigenvalue weighted by Crippen LogP contribution is 2.23. The van der Waals surface area contributed by atoms with Crippen LogP contribution >= 0.6 is 28.1 Å². The van der Waals surface area contributed by atoms with E-state index in [0.29, 0.717) is 6.04 Å². The quantitative estimate of drug-likeness (QED) is 0.816. The summed E-state index contributed by atoms with van der Waals surface area (Å²) in [7, 11) is 0. The van der Waals surface area contributed by atoms with Crippen molar-refractivity contribution in [1.29, 1.82) is 0 Å². The number of hydrogen-bond donors (Lipinski definition) is 1. The Hall–Kier alpha value is -0.650. The maximum atomic E-state index is 5.47. The van der Waals surface area contributed by atoms with E-state index in [1.54, 1.807) is 0 Å². The van der Waals surface area contributed by atoms with Gasteiger partial charge in [-0.1, -0.05) is 29.8 Å². The first-order valence-electron chi connectivity index (χ1n) is 6.69. The molecule has 0 fully saturated rings. The Morgan fingerprint density at radius 1 is 1.37 bits per heavy atom. The molecule has 3 nitrogen and oxygen atoms in total. The van der Waals surface area contributed by atoms with Crippen molar-refractivity contribution in [3.8, 4) is 0 Å². The van der Waals surface area contributed by atoms with Gasteiger partial charge in [0.15, 0.2) is 4.77 Å². The van der Waals surface area contributed by atoms with Gasteiger partial charge < -0.3 is 14.5 Å². The Bertz CT molecular complexity index is 613. The summed E-state index contributed by atoms with van der Waals surface area (Å²) in [4.78, 5) is 5.71. The highest BCUT2D eigenvalue weighted by molar-refractivity contribution is 9.10. The SMILES string of the molecule is CCN(CC)CC(C)n1c(=S)[nH]c2cc(Br)ccc21. The van der Waals surface area contributed by atoms with E-state index in [2.05, 4.69) is 69.4 Å². The molecule has 5 heteroatoms. The lowest BCUT2D eigenvalue weighted by Crippen LogP contribution is -2.29. The van der Waals surface area contributed by atoms with Crippen LogP contribution in [0.1, 0.15) is 26.8 Å². The van der Waals surface area contributed by atoms with E-state index < -0.39 is 0 Å². The van der Waals surface area contributed by atoms with Gasteiger partial charge in [0.05, 0.1) is 11.0 Å². The third-order valence-corrected chi connectivity index (χ3v) is 4.33. The van der Waals surface area contributed by atoms with Gasteiger partial charge in [-0.15, -0.1) is 0 Å². The molecule has 2 aromatic rings. The van der Waals surface area contributed by atoms with Crippen molar-refractivity contribution in [2.24, 2.45) is 0 Å². The fraction of sp³-hybridized carbons (Fsp3) is 0.500. The molecule has 19 heavy (non-hydrogen) atoms. The predicted octanol–water partition coefficient (Wildman–Crippen LogP) is 4.36. The van der Waals surface area contributed by atoms with Gasteiger partial charge in [0.2, 0.25) is 0 Å². The number of likely N-dealkylation sites (N-methyl/N-ethyl adjacent to an activating group) is 1. The molecule has 1 aromatic carbocycles. The minimum Gasteiger partial charge on any atom is -0.331 e. The van der Waals surface area contributed by atoms with E-state index in [4.69, 9.17) is 12.2 Å². The molecule has 1 heterocycles. The van der Waals surface area contributed by atoms with Crippen molar-refractivity contribution in [1.82, 2.24) is 14.5 Å². The molecule has 0 saturated heterocycles. The summed E-state index contributed by atoms with van der Waals surface area (Å²) in [6, 6.07) is 6.62. The fourth-order valence-electron chi connectivity index (χ4n) is 2.48.